The molecular weight excluding hydrogens is 344 g/mol. The maximum Gasteiger partial charge on any atom is 0.322 e. The largest absolute Gasteiger partial charge is 0.354 e. The molecule has 0 aromatic carbocycles. The van der Waals surface area contributed by atoms with E-state index in [2.05, 4.69) is 44.8 Å². The third-order valence-electron chi connectivity index (χ3n) is 6.95. The topological polar surface area (TPSA) is 89.1 Å². The van der Waals surface area contributed by atoms with Crippen LogP contribution in [0, 0.1) is 5.92 Å². The van der Waals surface area contributed by atoms with Crippen molar-refractivity contribution in [3.63, 3.8) is 0 Å². The Morgan fingerprint density at radius 3 is 2.37 bits per heavy atom. The summed E-state index contributed by atoms with van der Waals surface area (Å²) in [5.41, 5.74) is -0.576. The highest BCUT2D eigenvalue weighted by Gasteiger charge is 2.48. The van der Waals surface area contributed by atoms with Gasteiger partial charge in [0.1, 0.15) is 5.54 Å². The molecule has 27 heavy (non-hydrogen) atoms. The normalized spacial score (nSPS) is 29.2. The highest BCUT2D eigenvalue weighted by molar-refractivity contribution is 6.07. The van der Waals surface area contributed by atoms with Crippen LogP contribution in [0.5, 0.6) is 0 Å². The molecule has 1 unspecified atom stereocenters. The second-order valence-corrected chi connectivity index (χ2v) is 8.60. The number of likely N-dealkylation sites (tertiary alicyclic amines) is 1. The van der Waals surface area contributed by atoms with Crippen LogP contribution < -0.4 is 16.0 Å². The first-order valence-corrected chi connectivity index (χ1v) is 10.1. The van der Waals surface area contributed by atoms with Crippen molar-refractivity contribution in [3.05, 3.63) is 0 Å². The zero-order valence-electron chi connectivity index (χ0n) is 17.1. The smallest absolute Gasteiger partial charge is 0.322 e. The number of urea groups is 1. The highest BCUT2D eigenvalue weighted by atomic mass is 16.2. The standard InChI is InChI=1S/C19H34N6O2/c1-18(15(26)22-17(27)23-18)14-7-11-25(12-8-14)16(20-2)21-13-19(24(3)4)9-5-6-10-19/h14H,5-13H2,1-4H3,(H,20,21)(H2,22,23,26,27). The summed E-state index contributed by atoms with van der Waals surface area (Å²) in [6.45, 7) is 4.40. The molecule has 0 radical (unpaired) electrons. The summed E-state index contributed by atoms with van der Waals surface area (Å²) in [5, 5.41) is 8.79. The highest BCUT2D eigenvalue weighted by Crippen LogP contribution is 2.33. The van der Waals surface area contributed by atoms with Crippen LogP contribution in [0.15, 0.2) is 4.99 Å². The molecule has 0 aromatic heterocycles. The number of rotatable bonds is 4. The van der Waals surface area contributed by atoms with E-state index in [0.29, 0.717) is 0 Å². The monoisotopic (exact) mass is 378 g/mol. The molecule has 152 valence electrons. The Labute approximate surface area is 162 Å². The maximum atomic E-state index is 12.2. The minimum atomic E-state index is -0.793. The average Bonchev–Trinajstić information content (AvgIpc) is 3.22. The number of nitrogens with zero attached hydrogens (tertiary/aromatic N) is 3. The third kappa shape index (κ3) is 3.77. The third-order valence-corrected chi connectivity index (χ3v) is 6.95. The lowest BCUT2D eigenvalue weighted by molar-refractivity contribution is -0.125. The van der Waals surface area contributed by atoms with E-state index in [0.717, 1.165) is 38.4 Å². The number of likely N-dealkylation sites (N-methyl/N-ethyl adjacent to an activating group) is 1. The first kappa shape index (κ1) is 19.9. The number of carbonyl (C=O) groups is 2. The lowest BCUT2D eigenvalue weighted by atomic mass is 9.79. The van der Waals surface area contributed by atoms with Crippen molar-refractivity contribution < 1.29 is 9.59 Å². The van der Waals surface area contributed by atoms with Crippen molar-refractivity contribution in [1.29, 1.82) is 0 Å². The van der Waals surface area contributed by atoms with E-state index in [9.17, 15) is 9.59 Å². The van der Waals surface area contributed by atoms with Crippen molar-refractivity contribution in [3.8, 4) is 0 Å². The van der Waals surface area contributed by atoms with E-state index < -0.39 is 5.54 Å². The number of hydrogen-bond acceptors (Lipinski definition) is 4. The maximum absolute atomic E-state index is 12.2. The number of aliphatic imine (C=N–C) groups is 1. The molecule has 3 fully saturated rings. The second kappa shape index (κ2) is 7.66. The van der Waals surface area contributed by atoms with E-state index in [1.807, 2.05) is 14.0 Å². The molecule has 3 aliphatic rings. The number of guanidine groups is 1. The van der Waals surface area contributed by atoms with Crippen LogP contribution in [0.3, 0.4) is 0 Å². The van der Waals surface area contributed by atoms with E-state index in [1.165, 1.54) is 25.7 Å². The molecule has 1 atom stereocenters. The summed E-state index contributed by atoms with van der Waals surface area (Å²) in [7, 11) is 6.17. The summed E-state index contributed by atoms with van der Waals surface area (Å²) in [6, 6.07) is -0.382. The van der Waals surface area contributed by atoms with Gasteiger partial charge in [-0.2, -0.15) is 0 Å². The van der Waals surface area contributed by atoms with Crippen LogP contribution in [-0.4, -0.2) is 79.6 Å². The molecule has 0 spiro atoms. The van der Waals surface area contributed by atoms with Gasteiger partial charge in [0.05, 0.1) is 0 Å². The lowest BCUT2D eigenvalue weighted by Gasteiger charge is -2.41. The van der Waals surface area contributed by atoms with Crippen molar-refractivity contribution in [1.82, 2.24) is 25.8 Å². The number of carbonyl (C=O) groups excluding carboxylic acids is 2. The van der Waals surface area contributed by atoms with Gasteiger partial charge in [0.2, 0.25) is 0 Å². The van der Waals surface area contributed by atoms with Crippen molar-refractivity contribution in [2.75, 3.05) is 40.8 Å². The van der Waals surface area contributed by atoms with Gasteiger partial charge >= 0.3 is 6.03 Å². The molecule has 3 amide bonds. The second-order valence-electron chi connectivity index (χ2n) is 8.60. The van der Waals surface area contributed by atoms with Crippen LogP contribution in [0.4, 0.5) is 4.79 Å². The van der Waals surface area contributed by atoms with E-state index in [-0.39, 0.29) is 23.4 Å². The van der Waals surface area contributed by atoms with Gasteiger partial charge < -0.3 is 20.4 Å². The van der Waals surface area contributed by atoms with Crippen LogP contribution in [-0.2, 0) is 4.79 Å². The molecule has 8 nitrogen and oxygen atoms in total. The van der Waals surface area contributed by atoms with Gasteiger partial charge in [-0.1, -0.05) is 12.8 Å². The molecular formula is C19H34N6O2. The summed E-state index contributed by atoms with van der Waals surface area (Å²) < 4.78 is 0. The number of nitrogens with one attached hydrogen (secondary N) is 3. The van der Waals surface area contributed by atoms with Gasteiger partial charge in [0.15, 0.2) is 5.96 Å². The van der Waals surface area contributed by atoms with Crippen LogP contribution in [0.25, 0.3) is 0 Å². The summed E-state index contributed by atoms with van der Waals surface area (Å²) in [5.74, 6) is 0.871. The van der Waals surface area contributed by atoms with E-state index >= 15 is 0 Å². The molecule has 2 aliphatic heterocycles. The summed E-state index contributed by atoms with van der Waals surface area (Å²) >= 11 is 0. The molecule has 0 aromatic rings. The molecule has 2 heterocycles. The Bertz CT molecular complexity index is 605. The predicted octanol–water partition coefficient (Wildman–Crippen LogP) is 0.746. The van der Waals surface area contributed by atoms with Crippen molar-refractivity contribution >= 4 is 17.9 Å². The SMILES string of the molecule is CN=C(NCC1(N(C)C)CCCC1)N1CCC(C2(C)NC(=O)NC2=O)CC1. The van der Waals surface area contributed by atoms with Crippen molar-refractivity contribution in [2.45, 2.75) is 56.5 Å². The molecule has 1 saturated carbocycles. The van der Waals surface area contributed by atoms with Gasteiger partial charge in [0.25, 0.3) is 5.91 Å². The lowest BCUT2D eigenvalue weighted by Crippen LogP contribution is -2.57. The van der Waals surface area contributed by atoms with Gasteiger partial charge in [-0.15, -0.1) is 0 Å². The van der Waals surface area contributed by atoms with Gasteiger partial charge in [-0.05, 0) is 52.6 Å². The quantitative estimate of drug-likeness (QED) is 0.382. The summed E-state index contributed by atoms with van der Waals surface area (Å²) in [6.07, 6.45) is 6.72. The zero-order valence-corrected chi connectivity index (χ0v) is 17.1. The first-order valence-electron chi connectivity index (χ1n) is 10.1. The Balaban J connectivity index is 1.56. The summed E-state index contributed by atoms with van der Waals surface area (Å²) in [4.78, 5) is 32.8. The molecule has 3 N–H and O–H groups in total. The Morgan fingerprint density at radius 2 is 1.89 bits per heavy atom. The molecule has 1 aliphatic carbocycles. The van der Waals surface area contributed by atoms with Crippen molar-refractivity contribution in [2.24, 2.45) is 10.9 Å². The minimum absolute atomic E-state index is 0.140. The number of amides is 3. The minimum Gasteiger partial charge on any atom is -0.354 e. The zero-order chi connectivity index (χ0) is 19.7. The number of piperidine rings is 1. The Kier molecular flexibility index (Phi) is 5.65. The van der Waals surface area contributed by atoms with Gasteiger partial charge in [-0.3, -0.25) is 15.1 Å². The fraction of sp³-hybridized carbons (Fsp3) is 0.842. The van der Waals surface area contributed by atoms with Crippen LogP contribution in [0.2, 0.25) is 0 Å². The molecule has 2 saturated heterocycles. The van der Waals surface area contributed by atoms with Crippen LogP contribution in [0.1, 0.15) is 45.4 Å². The fourth-order valence-electron chi connectivity index (χ4n) is 4.90. The van der Waals surface area contributed by atoms with Gasteiger partial charge in [0, 0.05) is 32.2 Å². The number of hydrogen-bond donors (Lipinski definition) is 3. The van der Waals surface area contributed by atoms with E-state index in [1.54, 1.807) is 0 Å². The molecule has 3 rings (SSSR count). The average molecular weight is 379 g/mol. The van der Waals surface area contributed by atoms with Gasteiger partial charge in [-0.25, -0.2) is 4.79 Å². The predicted molar refractivity (Wildman–Crippen MR) is 106 cm³/mol. The Morgan fingerprint density at radius 1 is 1.26 bits per heavy atom. The molecule has 0 bridgehead atoms. The number of imide groups is 1. The van der Waals surface area contributed by atoms with E-state index in [4.69, 9.17) is 0 Å². The fourth-order valence-corrected chi connectivity index (χ4v) is 4.90. The van der Waals surface area contributed by atoms with Crippen LogP contribution >= 0.6 is 0 Å². The first-order chi connectivity index (χ1) is 12.8. The Hall–Kier alpha value is -1.83. The molecule has 8 heteroatoms.